The molecule has 2 aromatic carbocycles. The second kappa shape index (κ2) is 6.57. The molecule has 2 rings (SSSR count). The van der Waals surface area contributed by atoms with E-state index in [9.17, 15) is 4.79 Å². The molecule has 0 heterocycles. The summed E-state index contributed by atoms with van der Waals surface area (Å²) in [5, 5.41) is 0. The molecule has 0 unspecified atom stereocenters. The molecule has 0 saturated carbocycles. The average Bonchev–Trinajstić information content (AvgIpc) is 2.53. The Morgan fingerprint density at radius 3 is 2.30 bits per heavy atom. The van der Waals surface area contributed by atoms with Gasteiger partial charge in [0.2, 0.25) is 0 Å². The molecule has 0 saturated heterocycles. The number of methoxy groups -OCH3 is 2. The predicted molar refractivity (Wildman–Crippen MR) is 79.4 cm³/mol. The van der Waals surface area contributed by atoms with Crippen LogP contribution in [0.3, 0.4) is 0 Å². The first-order chi connectivity index (χ1) is 9.74. The van der Waals surface area contributed by atoms with E-state index in [-0.39, 0.29) is 5.78 Å². The van der Waals surface area contributed by atoms with Gasteiger partial charge in [0.05, 0.1) is 19.8 Å². The second-order valence-electron chi connectivity index (χ2n) is 4.17. The lowest BCUT2D eigenvalue weighted by atomic mass is 10.1. The first-order valence-corrected chi connectivity index (χ1v) is 6.24. The van der Waals surface area contributed by atoms with E-state index in [2.05, 4.69) is 0 Å². The molecular formula is C17H16O3. The molecule has 102 valence electrons. The fourth-order valence-electron chi connectivity index (χ4n) is 1.82. The third-order valence-corrected chi connectivity index (χ3v) is 2.92. The van der Waals surface area contributed by atoms with Gasteiger partial charge in [0.15, 0.2) is 5.78 Å². The van der Waals surface area contributed by atoms with Gasteiger partial charge in [-0.2, -0.15) is 0 Å². The van der Waals surface area contributed by atoms with Gasteiger partial charge in [0.1, 0.15) is 11.5 Å². The summed E-state index contributed by atoms with van der Waals surface area (Å²) >= 11 is 0. The normalized spacial score (nSPS) is 10.5. The summed E-state index contributed by atoms with van der Waals surface area (Å²) in [5.41, 5.74) is 1.49. The van der Waals surface area contributed by atoms with Crippen molar-refractivity contribution in [2.75, 3.05) is 14.2 Å². The molecule has 3 nitrogen and oxygen atoms in total. The number of carbonyl (C=O) groups is 1. The highest BCUT2D eigenvalue weighted by Gasteiger charge is 2.07. The first-order valence-electron chi connectivity index (χ1n) is 6.24. The van der Waals surface area contributed by atoms with Crippen molar-refractivity contribution in [3.8, 4) is 11.5 Å². The number of hydrogen-bond donors (Lipinski definition) is 0. The van der Waals surface area contributed by atoms with E-state index in [0.717, 1.165) is 11.3 Å². The average molecular weight is 268 g/mol. The van der Waals surface area contributed by atoms with Gasteiger partial charge in [-0.05, 0) is 35.9 Å². The van der Waals surface area contributed by atoms with Crippen LogP contribution in [0.25, 0.3) is 6.08 Å². The number of para-hydroxylation sites is 1. The van der Waals surface area contributed by atoms with Crippen LogP contribution in [0.4, 0.5) is 0 Å². The fraction of sp³-hybridized carbons (Fsp3) is 0.118. The standard InChI is InChI=1S/C17H16O3/c1-19-14-10-7-13(8-11-14)9-12-16(18)15-5-3-4-6-17(15)20-2/h3-12H,1-2H3/b12-9+. The monoisotopic (exact) mass is 268 g/mol. The number of rotatable bonds is 5. The predicted octanol–water partition coefficient (Wildman–Crippen LogP) is 3.60. The van der Waals surface area contributed by atoms with Crippen LogP contribution in [0.15, 0.2) is 54.6 Å². The molecule has 0 N–H and O–H groups in total. The Labute approximate surface area is 118 Å². The van der Waals surface area contributed by atoms with Gasteiger partial charge >= 0.3 is 0 Å². The van der Waals surface area contributed by atoms with Gasteiger partial charge in [0.25, 0.3) is 0 Å². The molecule has 0 atom stereocenters. The Morgan fingerprint density at radius 2 is 1.65 bits per heavy atom. The largest absolute Gasteiger partial charge is 0.497 e. The van der Waals surface area contributed by atoms with Crippen LogP contribution in [0.5, 0.6) is 11.5 Å². The molecule has 0 aliphatic rings. The zero-order valence-corrected chi connectivity index (χ0v) is 11.5. The molecule has 0 radical (unpaired) electrons. The van der Waals surface area contributed by atoms with Crippen molar-refractivity contribution in [1.82, 2.24) is 0 Å². The van der Waals surface area contributed by atoms with Gasteiger partial charge in [0, 0.05) is 0 Å². The maximum Gasteiger partial charge on any atom is 0.189 e. The molecular weight excluding hydrogens is 252 g/mol. The number of ketones is 1. The molecule has 0 aromatic heterocycles. The molecule has 0 bridgehead atoms. The lowest BCUT2D eigenvalue weighted by Gasteiger charge is -2.04. The van der Waals surface area contributed by atoms with Crippen LogP contribution in [0.2, 0.25) is 0 Å². The van der Waals surface area contributed by atoms with Gasteiger partial charge < -0.3 is 9.47 Å². The van der Waals surface area contributed by atoms with Crippen molar-refractivity contribution in [1.29, 1.82) is 0 Å². The molecule has 2 aromatic rings. The third-order valence-electron chi connectivity index (χ3n) is 2.92. The molecule has 0 aliphatic heterocycles. The summed E-state index contributed by atoms with van der Waals surface area (Å²) in [6.45, 7) is 0. The SMILES string of the molecule is COc1ccc(/C=C/C(=O)c2ccccc2OC)cc1. The maximum absolute atomic E-state index is 12.1. The molecule has 0 aliphatic carbocycles. The number of hydrogen-bond acceptors (Lipinski definition) is 3. The highest BCUT2D eigenvalue weighted by molar-refractivity contribution is 6.08. The number of benzene rings is 2. The Bertz CT molecular complexity index is 612. The van der Waals surface area contributed by atoms with E-state index in [1.165, 1.54) is 0 Å². The Balaban J connectivity index is 2.15. The van der Waals surface area contributed by atoms with Crippen LogP contribution in [0.1, 0.15) is 15.9 Å². The number of allylic oxidation sites excluding steroid dienone is 1. The van der Waals surface area contributed by atoms with Crippen LogP contribution in [0, 0.1) is 0 Å². The van der Waals surface area contributed by atoms with Gasteiger partial charge in [-0.1, -0.05) is 30.3 Å². The van der Waals surface area contributed by atoms with Crippen molar-refractivity contribution < 1.29 is 14.3 Å². The molecule has 0 spiro atoms. The van der Waals surface area contributed by atoms with Crippen LogP contribution >= 0.6 is 0 Å². The molecule has 3 heteroatoms. The van der Waals surface area contributed by atoms with E-state index >= 15 is 0 Å². The maximum atomic E-state index is 12.1. The first kappa shape index (κ1) is 13.9. The molecule has 0 fully saturated rings. The quantitative estimate of drug-likeness (QED) is 0.614. The lowest BCUT2D eigenvalue weighted by molar-refractivity contribution is 0.104. The third kappa shape index (κ3) is 3.26. The van der Waals surface area contributed by atoms with Crippen molar-refractivity contribution >= 4 is 11.9 Å². The van der Waals surface area contributed by atoms with E-state index in [4.69, 9.17) is 9.47 Å². The lowest BCUT2D eigenvalue weighted by Crippen LogP contribution is -1.98. The summed E-state index contributed by atoms with van der Waals surface area (Å²) in [7, 11) is 3.18. The number of carbonyl (C=O) groups excluding carboxylic acids is 1. The Morgan fingerprint density at radius 1 is 0.950 bits per heavy atom. The second-order valence-corrected chi connectivity index (χ2v) is 4.17. The van der Waals surface area contributed by atoms with Crippen molar-refractivity contribution in [3.05, 3.63) is 65.7 Å². The molecule has 20 heavy (non-hydrogen) atoms. The van der Waals surface area contributed by atoms with Crippen LogP contribution in [-0.4, -0.2) is 20.0 Å². The Hall–Kier alpha value is -2.55. The van der Waals surface area contributed by atoms with Crippen molar-refractivity contribution in [2.24, 2.45) is 0 Å². The fourth-order valence-corrected chi connectivity index (χ4v) is 1.82. The summed E-state index contributed by atoms with van der Waals surface area (Å²) in [6, 6.07) is 14.7. The topological polar surface area (TPSA) is 35.5 Å². The highest BCUT2D eigenvalue weighted by atomic mass is 16.5. The molecule has 0 amide bonds. The van der Waals surface area contributed by atoms with Crippen LogP contribution in [-0.2, 0) is 0 Å². The summed E-state index contributed by atoms with van der Waals surface area (Å²) in [4.78, 5) is 12.1. The summed E-state index contributed by atoms with van der Waals surface area (Å²) in [6.07, 6.45) is 3.31. The van der Waals surface area contributed by atoms with Crippen molar-refractivity contribution in [2.45, 2.75) is 0 Å². The van der Waals surface area contributed by atoms with Crippen molar-refractivity contribution in [3.63, 3.8) is 0 Å². The van der Waals surface area contributed by atoms with E-state index in [1.807, 2.05) is 36.4 Å². The minimum atomic E-state index is -0.0849. The van der Waals surface area contributed by atoms with E-state index < -0.39 is 0 Å². The van der Waals surface area contributed by atoms with Gasteiger partial charge in [-0.3, -0.25) is 4.79 Å². The van der Waals surface area contributed by atoms with Crippen LogP contribution < -0.4 is 9.47 Å². The van der Waals surface area contributed by atoms with Gasteiger partial charge in [-0.15, -0.1) is 0 Å². The van der Waals surface area contributed by atoms with E-state index in [1.54, 1.807) is 38.5 Å². The van der Waals surface area contributed by atoms with E-state index in [0.29, 0.717) is 11.3 Å². The minimum Gasteiger partial charge on any atom is -0.497 e. The zero-order chi connectivity index (χ0) is 14.4. The summed E-state index contributed by atoms with van der Waals surface area (Å²) in [5.74, 6) is 1.29. The smallest absolute Gasteiger partial charge is 0.189 e. The Kier molecular flexibility index (Phi) is 4.56. The highest BCUT2D eigenvalue weighted by Crippen LogP contribution is 2.19. The number of ether oxygens (including phenoxy) is 2. The van der Waals surface area contributed by atoms with Gasteiger partial charge in [-0.25, -0.2) is 0 Å². The minimum absolute atomic E-state index is 0.0849. The summed E-state index contributed by atoms with van der Waals surface area (Å²) < 4.78 is 10.3. The zero-order valence-electron chi connectivity index (χ0n) is 11.5.